The first-order valence-electron chi connectivity index (χ1n) is 2.41. The summed E-state index contributed by atoms with van der Waals surface area (Å²) in [4.78, 5) is 0. The summed E-state index contributed by atoms with van der Waals surface area (Å²) >= 11 is 2.97. The van der Waals surface area contributed by atoms with Crippen LogP contribution < -0.4 is 0 Å². The van der Waals surface area contributed by atoms with Gasteiger partial charge in [0.15, 0.2) is 0 Å². The summed E-state index contributed by atoms with van der Waals surface area (Å²) in [5.74, 6) is -0.474. The van der Waals surface area contributed by atoms with Crippen molar-refractivity contribution in [3.63, 3.8) is 0 Å². The molecule has 0 aromatic heterocycles. The summed E-state index contributed by atoms with van der Waals surface area (Å²) < 4.78 is 12.5. The van der Waals surface area contributed by atoms with Crippen LogP contribution in [0.4, 0.5) is 4.39 Å². The highest BCUT2D eigenvalue weighted by atomic mass is 79.9. The average molecular weight is 191 g/mol. The lowest BCUT2D eigenvalue weighted by Crippen LogP contribution is -1.70. The van der Waals surface area contributed by atoms with E-state index >= 15 is 0 Å². The molecule has 0 radical (unpaired) electrons. The maximum atomic E-state index is 12.1. The molecular formula is C7H8BrF. The minimum Gasteiger partial charge on any atom is -0.206 e. The van der Waals surface area contributed by atoms with E-state index in [9.17, 15) is 4.39 Å². The molecule has 0 heterocycles. The summed E-state index contributed by atoms with van der Waals surface area (Å²) in [5, 5.41) is 0. The van der Waals surface area contributed by atoms with Crippen LogP contribution in [0.2, 0.25) is 0 Å². The predicted octanol–water partition coefficient (Wildman–Crippen LogP) is 3.32. The van der Waals surface area contributed by atoms with Crippen LogP contribution in [0.25, 0.3) is 0 Å². The van der Waals surface area contributed by atoms with Crippen molar-refractivity contribution in [1.82, 2.24) is 0 Å². The summed E-state index contributed by atoms with van der Waals surface area (Å²) in [7, 11) is 0. The van der Waals surface area contributed by atoms with Crippen molar-refractivity contribution < 1.29 is 4.39 Å². The Bertz CT molecular complexity index is 168. The van der Waals surface area contributed by atoms with Crippen LogP contribution in [-0.2, 0) is 0 Å². The summed E-state index contributed by atoms with van der Waals surface area (Å²) in [5.41, 5.74) is 0.792. The Kier molecular flexibility index (Phi) is 3.47. The Morgan fingerprint density at radius 2 is 2.00 bits per heavy atom. The van der Waals surface area contributed by atoms with E-state index in [0.29, 0.717) is 4.48 Å². The zero-order valence-electron chi connectivity index (χ0n) is 5.25. The molecule has 0 saturated carbocycles. The minimum absolute atomic E-state index is 0.356. The molecule has 2 heteroatoms. The molecule has 0 fully saturated rings. The lowest BCUT2D eigenvalue weighted by molar-refractivity contribution is 0.668. The van der Waals surface area contributed by atoms with Gasteiger partial charge in [0.1, 0.15) is 5.83 Å². The molecule has 50 valence electrons. The molecule has 0 aromatic carbocycles. The molecule has 0 amide bonds. The van der Waals surface area contributed by atoms with Crippen molar-refractivity contribution in [3.8, 4) is 0 Å². The van der Waals surface area contributed by atoms with Gasteiger partial charge < -0.3 is 0 Å². The quantitative estimate of drug-likeness (QED) is 0.587. The van der Waals surface area contributed by atoms with E-state index in [1.807, 2.05) is 0 Å². The number of hydrogen-bond acceptors (Lipinski definition) is 0. The molecule has 0 nitrogen and oxygen atoms in total. The number of halogens is 2. The summed E-state index contributed by atoms with van der Waals surface area (Å²) in [6.45, 7) is 8.43. The van der Waals surface area contributed by atoms with E-state index < -0.39 is 5.83 Å². The van der Waals surface area contributed by atoms with Crippen molar-refractivity contribution in [2.24, 2.45) is 0 Å². The lowest BCUT2D eigenvalue weighted by atomic mass is 10.3. The maximum absolute atomic E-state index is 12.1. The molecule has 0 saturated heterocycles. The monoisotopic (exact) mass is 190 g/mol. The topological polar surface area (TPSA) is 0 Å². The first kappa shape index (κ1) is 8.63. The Morgan fingerprint density at radius 1 is 1.56 bits per heavy atom. The molecule has 0 unspecified atom stereocenters. The van der Waals surface area contributed by atoms with E-state index in [0.717, 1.165) is 5.57 Å². The number of allylic oxidation sites excluding steroid dienone is 4. The Hall–Kier alpha value is -0.370. The van der Waals surface area contributed by atoms with Gasteiger partial charge in [0, 0.05) is 0 Å². The van der Waals surface area contributed by atoms with Gasteiger partial charge >= 0.3 is 0 Å². The molecular weight excluding hydrogens is 183 g/mol. The fourth-order valence-corrected chi connectivity index (χ4v) is 0.685. The molecule has 0 bridgehead atoms. The van der Waals surface area contributed by atoms with E-state index in [1.165, 1.54) is 0 Å². The van der Waals surface area contributed by atoms with Gasteiger partial charge in [0.05, 0.1) is 4.48 Å². The molecule has 0 rings (SSSR count). The minimum atomic E-state index is -0.474. The van der Waals surface area contributed by atoms with Crippen LogP contribution >= 0.6 is 15.9 Å². The van der Waals surface area contributed by atoms with Gasteiger partial charge in [-0.15, -0.1) is 0 Å². The Balaban J connectivity index is 4.17. The molecule has 0 aliphatic carbocycles. The van der Waals surface area contributed by atoms with Gasteiger partial charge in [0.25, 0.3) is 0 Å². The fourth-order valence-electron chi connectivity index (χ4n) is 0.295. The second kappa shape index (κ2) is 3.62. The van der Waals surface area contributed by atoms with Gasteiger partial charge in [0.2, 0.25) is 0 Å². The van der Waals surface area contributed by atoms with Crippen LogP contribution in [0, 0.1) is 0 Å². The van der Waals surface area contributed by atoms with Crippen LogP contribution in [-0.4, -0.2) is 0 Å². The molecule has 0 spiro atoms. The Morgan fingerprint density at radius 3 is 2.11 bits per heavy atom. The van der Waals surface area contributed by atoms with E-state index in [-0.39, 0.29) is 0 Å². The lowest BCUT2D eigenvalue weighted by Gasteiger charge is -1.90. The second-order valence-electron chi connectivity index (χ2n) is 1.74. The van der Waals surface area contributed by atoms with Crippen LogP contribution in [0.1, 0.15) is 6.92 Å². The van der Waals surface area contributed by atoms with E-state index in [1.54, 1.807) is 13.0 Å². The molecule has 0 aromatic rings. The van der Waals surface area contributed by atoms with Gasteiger partial charge in [-0.05, 0) is 28.9 Å². The zero-order valence-corrected chi connectivity index (χ0v) is 6.83. The standard InChI is InChI=1S/C7H8BrF/c1-5(2)4-7(8)6(3)9/h4H,1,3H2,2H3/b7-4+. The maximum Gasteiger partial charge on any atom is 0.130 e. The van der Waals surface area contributed by atoms with Gasteiger partial charge in [-0.25, -0.2) is 4.39 Å². The fraction of sp³-hybridized carbons (Fsp3) is 0.143. The molecule has 0 atom stereocenters. The van der Waals surface area contributed by atoms with Crippen LogP contribution in [0.3, 0.4) is 0 Å². The normalized spacial score (nSPS) is 11.2. The second-order valence-corrected chi connectivity index (χ2v) is 2.60. The highest BCUT2D eigenvalue weighted by Crippen LogP contribution is 2.17. The highest BCUT2D eigenvalue weighted by Gasteiger charge is 1.93. The van der Waals surface area contributed by atoms with Crippen molar-refractivity contribution in [2.75, 3.05) is 0 Å². The SMILES string of the molecule is C=C(C)/C=C(/Br)C(=C)F. The van der Waals surface area contributed by atoms with Crippen molar-refractivity contribution in [2.45, 2.75) is 6.92 Å². The van der Waals surface area contributed by atoms with Crippen molar-refractivity contribution in [1.29, 1.82) is 0 Å². The third-order valence-corrected chi connectivity index (χ3v) is 1.29. The third-order valence-electron chi connectivity index (χ3n) is 0.632. The first-order chi connectivity index (χ1) is 4.04. The largest absolute Gasteiger partial charge is 0.206 e. The van der Waals surface area contributed by atoms with E-state index in [4.69, 9.17) is 0 Å². The molecule has 9 heavy (non-hydrogen) atoms. The van der Waals surface area contributed by atoms with Crippen molar-refractivity contribution >= 4 is 15.9 Å². The van der Waals surface area contributed by atoms with Gasteiger partial charge in [-0.2, -0.15) is 0 Å². The molecule has 0 N–H and O–H groups in total. The first-order valence-corrected chi connectivity index (χ1v) is 3.21. The van der Waals surface area contributed by atoms with E-state index in [2.05, 4.69) is 29.1 Å². The summed E-state index contributed by atoms with van der Waals surface area (Å²) in [6.07, 6.45) is 1.57. The van der Waals surface area contributed by atoms with Gasteiger partial charge in [-0.3, -0.25) is 0 Å². The molecule has 0 aliphatic heterocycles. The van der Waals surface area contributed by atoms with Crippen molar-refractivity contribution in [3.05, 3.63) is 35.1 Å². The number of hydrogen-bond donors (Lipinski definition) is 0. The number of rotatable bonds is 2. The highest BCUT2D eigenvalue weighted by molar-refractivity contribution is 9.11. The predicted molar refractivity (Wildman–Crippen MR) is 42.1 cm³/mol. The third kappa shape index (κ3) is 4.15. The smallest absolute Gasteiger partial charge is 0.130 e. The van der Waals surface area contributed by atoms with Gasteiger partial charge in [-0.1, -0.05) is 18.7 Å². The summed E-state index contributed by atoms with van der Waals surface area (Å²) in [6, 6.07) is 0. The molecule has 0 aliphatic rings. The zero-order chi connectivity index (χ0) is 7.44. The average Bonchev–Trinajstić information content (AvgIpc) is 1.63. The van der Waals surface area contributed by atoms with Crippen LogP contribution in [0.5, 0.6) is 0 Å². The Labute approximate surface area is 62.9 Å². The van der Waals surface area contributed by atoms with Crippen LogP contribution in [0.15, 0.2) is 35.1 Å².